The Kier molecular flexibility index (Phi) is 6.21. The number of aromatic amines is 1. The maximum atomic E-state index is 12.7. The van der Waals surface area contributed by atoms with Gasteiger partial charge in [-0.15, -0.1) is 0 Å². The van der Waals surface area contributed by atoms with E-state index in [0.29, 0.717) is 34.5 Å². The van der Waals surface area contributed by atoms with Crippen molar-refractivity contribution in [2.45, 2.75) is 44.4 Å². The van der Waals surface area contributed by atoms with Crippen LogP contribution in [0.25, 0.3) is 0 Å². The number of amides is 1. The number of benzene rings is 1. The smallest absolute Gasteiger partial charge is 0.257 e. The van der Waals surface area contributed by atoms with Crippen LogP contribution in [0.15, 0.2) is 18.2 Å². The van der Waals surface area contributed by atoms with Crippen LogP contribution in [0.3, 0.4) is 0 Å². The number of methoxy groups -OCH3 is 3. The largest absolute Gasteiger partial charge is 0.493 e. The summed E-state index contributed by atoms with van der Waals surface area (Å²) in [5.41, 5.74) is 1.50. The number of carbonyl (C=O) groups excluding carboxylic acids is 1. The van der Waals surface area contributed by atoms with Gasteiger partial charge < -0.3 is 19.5 Å². The molecule has 27 heavy (non-hydrogen) atoms. The number of H-pyrrole nitrogens is 1. The van der Waals surface area contributed by atoms with Crippen LogP contribution in [0.2, 0.25) is 0 Å². The van der Waals surface area contributed by atoms with Crippen LogP contribution in [0.5, 0.6) is 17.2 Å². The van der Waals surface area contributed by atoms with E-state index in [1.54, 1.807) is 12.1 Å². The summed E-state index contributed by atoms with van der Waals surface area (Å²) in [6, 6.07) is 5.18. The fourth-order valence-electron chi connectivity index (χ4n) is 3.60. The van der Waals surface area contributed by atoms with Crippen LogP contribution < -0.4 is 19.5 Å². The molecule has 0 saturated heterocycles. The Labute approximate surface area is 159 Å². The molecule has 0 unspecified atom stereocenters. The first-order chi connectivity index (χ1) is 13.2. The van der Waals surface area contributed by atoms with Crippen LogP contribution in [0.1, 0.15) is 60.5 Å². The number of nitrogens with zero attached hydrogens (tertiary/aromatic N) is 1. The summed E-state index contributed by atoms with van der Waals surface area (Å²) >= 11 is 0. The molecule has 7 nitrogen and oxygen atoms in total. The van der Waals surface area contributed by atoms with Crippen molar-refractivity contribution in [3.05, 3.63) is 29.5 Å². The molecule has 1 fully saturated rings. The summed E-state index contributed by atoms with van der Waals surface area (Å²) < 4.78 is 15.9. The maximum Gasteiger partial charge on any atom is 0.257 e. The fourth-order valence-corrected chi connectivity index (χ4v) is 3.60. The van der Waals surface area contributed by atoms with E-state index in [1.807, 2.05) is 6.07 Å². The van der Waals surface area contributed by atoms with Gasteiger partial charge in [-0.05, 0) is 25.0 Å². The van der Waals surface area contributed by atoms with Gasteiger partial charge in [-0.1, -0.05) is 25.7 Å². The molecule has 1 aliphatic rings. The molecule has 2 aromatic rings. The van der Waals surface area contributed by atoms with E-state index < -0.39 is 0 Å². The lowest BCUT2D eigenvalue weighted by Crippen LogP contribution is -2.13. The van der Waals surface area contributed by atoms with E-state index in [2.05, 4.69) is 15.5 Å². The Bertz CT molecular complexity index is 754. The Balaban J connectivity index is 1.75. The molecule has 1 saturated carbocycles. The lowest BCUT2D eigenvalue weighted by Gasteiger charge is -2.13. The van der Waals surface area contributed by atoms with Crippen LogP contribution in [-0.2, 0) is 0 Å². The molecule has 1 amide bonds. The lowest BCUT2D eigenvalue weighted by molar-refractivity contribution is 0.102. The van der Waals surface area contributed by atoms with Crippen molar-refractivity contribution in [2.24, 2.45) is 0 Å². The zero-order valence-electron chi connectivity index (χ0n) is 16.1. The van der Waals surface area contributed by atoms with Gasteiger partial charge in [-0.3, -0.25) is 9.89 Å². The molecular formula is C20H27N3O4. The molecule has 3 rings (SSSR count). The first-order valence-electron chi connectivity index (χ1n) is 9.33. The van der Waals surface area contributed by atoms with Crippen LogP contribution >= 0.6 is 0 Å². The van der Waals surface area contributed by atoms with Crippen molar-refractivity contribution < 1.29 is 19.0 Å². The Hall–Kier alpha value is -2.70. The number of aromatic nitrogens is 2. The van der Waals surface area contributed by atoms with Gasteiger partial charge in [0.05, 0.1) is 21.3 Å². The molecule has 1 aromatic heterocycles. The number of hydrogen-bond donors (Lipinski definition) is 2. The second-order valence-corrected chi connectivity index (χ2v) is 6.77. The summed E-state index contributed by atoms with van der Waals surface area (Å²) in [7, 11) is 4.57. The minimum Gasteiger partial charge on any atom is -0.493 e. The number of rotatable bonds is 6. The van der Waals surface area contributed by atoms with E-state index in [-0.39, 0.29) is 5.91 Å². The number of anilines is 1. The van der Waals surface area contributed by atoms with Gasteiger partial charge in [0.15, 0.2) is 17.3 Å². The summed E-state index contributed by atoms with van der Waals surface area (Å²) in [6.07, 6.45) is 7.43. The molecule has 2 N–H and O–H groups in total. The second-order valence-electron chi connectivity index (χ2n) is 6.77. The minimum absolute atomic E-state index is 0.284. The molecule has 1 aromatic carbocycles. The van der Waals surface area contributed by atoms with Crippen LogP contribution in [0.4, 0.5) is 5.82 Å². The third-order valence-electron chi connectivity index (χ3n) is 5.06. The average Bonchev–Trinajstić information content (AvgIpc) is 2.98. The lowest BCUT2D eigenvalue weighted by atomic mass is 9.97. The van der Waals surface area contributed by atoms with Crippen molar-refractivity contribution in [1.29, 1.82) is 0 Å². The molecule has 0 spiro atoms. The third kappa shape index (κ3) is 4.35. The van der Waals surface area contributed by atoms with Gasteiger partial charge in [-0.25, -0.2) is 0 Å². The number of hydrogen-bond acceptors (Lipinski definition) is 5. The van der Waals surface area contributed by atoms with Gasteiger partial charge in [0.1, 0.15) is 0 Å². The van der Waals surface area contributed by atoms with E-state index in [9.17, 15) is 4.79 Å². The van der Waals surface area contributed by atoms with Crippen molar-refractivity contribution in [1.82, 2.24) is 10.2 Å². The first kappa shape index (κ1) is 19.1. The highest BCUT2D eigenvalue weighted by Crippen LogP contribution is 2.38. The molecule has 1 aliphatic carbocycles. The van der Waals surface area contributed by atoms with Crippen molar-refractivity contribution >= 4 is 11.7 Å². The van der Waals surface area contributed by atoms with E-state index >= 15 is 0 Å². The Morgan fingerprint density at radius 1 is 1.00 bits per heavy atom. The molecule has 0 radical (unpaired) electrons. The topological polar surface area (TPSA) is 85.5 Å². The minimum atomic E-state index is -0.284. The highest BCUT2D eigenvalue weighted by molar-refractivity contribution is 6.04. The monoisotopic (exact) mass is 373 g/mol. The predicted molar refractivity (Wildman–Crippen MR) is 103 cm³/mol. The molecule has 1 heterocycles. The Morgan fingerprint density at radius 3 is 2.19 bits per heavy atom. The normalized spacial score (nSPS) is 15.1. The molecule has 0 aliphatic heterocycles. The second kappa shape index (κ2) is 8.79. The zero-order valence-corrected chi connectivity index (χ0v) is 16.1. The van der Waals surface area contributed by atoms with Crippen LogP contribution in [-0.4, -0.2) is 37.4 Å². The summed E-state index contributed by atoms with van der Waals surface area (Å²) in [4.78, 5) is 12.7. The first-order valence-corrected chi connectivity index (χ1v) is 9.33. The summed E-state index contributed by atoms with van der Waals surface area (Å²) in [5.74, 6) is 2.05. The maximum absolute atomic E-state index is 12.7. The van der Waals surface area contributed by atoms with E-state index in [0.717, 1.165) is 5.69 Å². The van der Waals surface area contributed by atoms with Gasteiger partial charge in [0, 0.05) is 23.2 Å². The van der Waals surface area contributed by atoms with Crippen LogP contribution in [0, 0.1) is 0 Å². The number of ether oxygens (including phenoxy) is 3. The molecule has 7 heteroatoms. The quantitative estimate of drug-likeness (QED) is 0.744. The van der Waals surface area contributed by atoms with Crippen molar-refractivity contribution in [3.8, 4) is 17.2 Å². The van der Waals surface area contributed by atoms with Gasteiger partial charge in [0.25, 0.3) is 5.91 Å². The summed E-state index contributed by atoms with van der Waals surface area (Å²) in [6.45, 7) is 0. The molecular weight excluding hydrogens is 346 g/mol. The van der Waals surface area contributed by atoms with Crippen molar-refractivity contribution in [3.63, 3.8) is 0 Å². The number of nitrogens with one attached hydrogen (secondary N) is 2. The predicted octanol–water partition coefficient (Wildman–Crippen LogP) is 4.13. The summed E-state index contributed by atoms with van der Waals surface area (Å²) in [5, 5.41) is 10.2. The Morgan fingerprint density at radius 2 is 1.63 bits per heavy atom. The highest BCUT2D eigenvalue weighted by Gasteiger charge is 2.20. The van der Waals surface area contributed by atoms with E-state index in [1.165, 1.54) is 59.9 Å². The highest BCUT2D eigenvalue weighted by atomic mass is 16.5. The molecule has 0 bridgehead atoms. The van der Waals surface area contributed by atoms with Crippen molar-refractivity contribution in [2.75, 3.05) is 26.6 Å². The van der Waals surface area contributed by atoms with Gasteiger partial charge in [-0.2, -0.15) is 5.10 Å². The zero-order chi connectivity index (χ0) is 19.2. The molecule has 0 atom stereocenters. The number of carbonyl (C=O) groups is 1. The standard InChI is InChI=1S/C20H27N3O4/c1-25-16-10-14(11-17(26-2)19(16)27-3)20(24)21-18-12-15(22-23-18)13-8-6-4-5-7-9-13/h10-13H,4-9H2,1-3H3,(H2,21,22,23,24). The van der Waals surface area contributed by atoms with E-state index in [4.69, 9.17) is 14.2 Å². The fraction of sp³-hybridized carbons (Fsp3) is 0.500. The molecule has 146 valence electrons. The average molecular weight is 373 g/mol. The van der Waals surface area contributed by atoms with Gasteiger partial charge in [0.2, 0.25) is 5.75 Å². The van der Waals surface area contributed by atoms with Gasteiger partial charge >= 0.3 is 0 Å². The SMILES string of the molecule is COc1cc(C(=O)Nc2cc(C3CCCCCC3)[nH]n2)cc(OC)c1OC. The third-order valence-corrected chi connectivity index (χ3v) is 5.06.